The molecule has 1 atom stereocenters. The number of nitrogens with one attached hydrogen (secondary N) is 1. The highest BCUT2D eigenvalue weighted by Gasteiger charge is 2.27. The van der Waals surface area contributed by atoms with E-state index >= 15 is 0 Å². The molecule has 8 heteroatoms. The van der Waals surface area contributed by atoms with Crippen LogP contribution in [0.2, 0.25) is 0 Å². The van der Waals surface area contributed by atoms with Gasteiger partial charge in [-0.2, -0.15) is 0 Å². The van der Waals surface area contributed by atoms with Crippen LogP contribution < -0.4 is 11.1 Å². The van der Waals surface area contributed by atoms with Crippen LogP contribution in [0.15, 0.2) is 0 Å². The molecule has 20 heavy (non-hydrogen) atoms. The third-order valence-corrected chi connectivity index (χ3v) is 2.13. The molecule has 0 fully saturated rings. The first-order valence-corrected chi connectivity index (χ1v) is 6.14. The Morgan fingerprint density at radius 3 is 2.20 bits per heavy atom. The zero-order chi connectivity index (χ0) is 15.1. The second-order valence-electron chi connectivity index (χ2n) is 5.15. The predicted octanol–water partition coefficient (Wildman–Crippen LogP) is 0.448. The molecular weight excluding hydrogens is 288 g/mol. The maximum Gasteiger partial charge on any atom is 0.397 e. The average molecular weight is 311 g/mol. The summed E-state index contributed by atoms with van der Waals surface area (Å²) >= 11 is 0. The summed E-state index contributed by atoms with van der Waals surface area (Å²) in [6.45, 7) is 5.31. The number of aliphatic carboxylic acids is 1. The summed E-state index contributed by atoms with van der Waals surface area (Å²) in [5, 5.41) is 11.1. The van der Waals surface area contributed by atoms with Crippen LogP contribution in [-0.2, 0) is 19.1 Å². The summed E-state index contributed by atoms with van der Waals surface area (Å²) in [6.07, 6.45) is 1.44. The van der Waals surface area contributed by atoms with Crippen molar-refractivity contribution in [3.05, 3.63) is 0 Å². The van der Waals surface area contributed by atoms with E-state index in [0.29, 0.717) is 19.4 Å². The van der Waals surface area contributed by atoms with E-state index in [1.54, 1.807) is 20.8 Å². The lowest BCUT2D eigenvalue weighted by molar-refractivity contribution is -0.164. The van der Waals surface area contributed by atoms with Crippen molar-refractivity contribution in [2.24, 2.45) is 5.73 Å². The lowest BCUT2D eigenvalue weighted by Gasteiger charge is -2.20. The van der Waals surface area contributed by atoms with Crippen molar-refractivity contribution in [1.82, 2.24) is 5.32 Å². The summed E-state index contributed by atoms with van der Waals surface area (Å²) in [6, 6.07) is -1.11. The van der Waals surface area contributed by atoms with Gasteiger partial charge in [0.1, 0.15) is 11.6 Å². The summed E-state index contributed by atoms with van der Waals surface area (Å²) in [7, 11) is 0. The topological polar surface area (TPSA) is 119 Å². The molecule has 4 N–H and O–H groups in total. The van der Waals surface area contributed by atoms with Gasteiger partial charge in [-0.05, 0) is 46.6 Å². The number of nitrogens with two attached hydrogens (primary N) is 1. The number of amides is 1. The van der Waals surface area contributed by atoms with Gasteiger partial charge in [0, 0.05) is 0 Å². The summed E-state index contributed by atoms with van der Waals surface area (Å²) < 4.78 is 4.84. The van der Waals surface area contributed by atoms with Gasteiger partial charge in [0.15, 0.2) is 0 Å². The molecular formula is C12H23ClN2O5. The van der Waals surface area contributed by atoms with Gasteiger partial charge in [0.2, 0.25) is 0 Å². The Labute approximate surface area is 124 Å². The standard InChI is InChI=1S/C12H22N2O5.ClH/c1-12(2,3)19-11(18)9(15)14-8(10(16)17)6-4-5-7-13;/h8H,4-7,13H2,1-3H3,(H,14,15)(H,16,17);1H. The molecule has 0 aliphatic carbocycles. The number of ether oxygens (including phenoxy) is 1. The SMILES string of the molecule is CC(C)(C)OC(=O)C(=O)NC(CCCCN)C(=O)O.Cl. The monoisotopic (exact) mass is 310 g/mol. The van der Waals surface area contributed by atoms with Crippen molar-refractivity contribution >= 4 is 30.3 Å². The summed E-state index contributed by atoms with van der Waals surface area (Å²) in [5.41, 5.74) is 4.50. The molecule has 0 aliphatic heterocycles. The molecule has 0 rings (SSSR count). The minimum Gasteiger partial charge on any atom is -0.480 e. The average Bonchev–Trinajstić information content (AvgIpc) is 2.25. The fraction of sp³-hybridized carbons (Fsp3) is 0.750. The first-order chi connectivity index (χ1) is 8.67. The second kappa shape index (κ2) is 9.55. The number of halogens is 1. The number of unbranched alkanes of at least 4 members (excludes halogenated alkanes) is 1. The highest BCUT2D eigenvalue weighted by atomic mass is 35.5. The number of hydrogen-bond donors (Lipinski definition) is 3. The van der Waals surface area contributed by atoms with E-state index in [-0.39, 0.29) is 18.8 Å². The molecule has 0 spiro atoms. The zero-order valence-electron chi connectivity index (χ0n) is 12.0. The third-order valence-electron chi connectivity index (χ3n) is 2.13. The molecule has 0 saturated heterocycles. The van der Waals surface area contributed by atoms with Crippen LogP contribution in [0.5, 0.6) is 0 Å². The van der Waals surface area contributed by atoms with Crippen LogP contribution in [-0.4, -0.2) is 41.1 Å². The van der Waals surface area contributed by atoms with Crippen molar-refractivity contribution < 1.29 is 24.2 Å². The molecule has 0 radical (unpaired) electrons. The summed E-state index contributed by atoms with van der Waals surface area (Å²) in [5.74, 6) is -3.32. The van der Waals surface area contributed by atoms with Gasteiger partial charge >= 0.3 is 17.8 Å². The number of rotatable bonds is 6. The molecule has 1 amide bonds. The minimum absolute atomic E-state index is 0. The molecule has 0 aromatic heterocycles. The fourth-order valence-electron chi connectivity index (χ4n) is 1.29. The van der Waals surface area contributed by atoms with Crippen molar-refractivity contribution in [2.75, 3.05) is 6.54 Å². The predicted molar refractivity (Wildman–Crippen MR) is 75.6 cm³/mol. The maximum absolute atomic E-state index is 11.5. The Hall–Kier alpha value is -1.34. The molecule has 118 valence electrons. The second-order valence-corrected chi connectivity index (χ2v) is 5.15. The molecule has 1 unspecified atom stereocenters. The highest BCUT2D eigenvalue weighted by molar-refractivity contribution is 6.33. The van der Waals surface area contributed by atoms with Gasteiger partial charge in [0.25, 0.3) is 0 Å². The van der Waals surface area contributed by atoms with Crippen LogP contribution in [0, 0.1) is 0 Å². The van der Waals surface area contributed by atoms with Crippen LogP contribution >= 0.6 is 12.4 Å². The molecule has 0 bridgehead atoms. The highest BCUT2D eigenvalue weighted by Crippen LogP contribution is 2.07. The fourth-order valence-corrected chi connectivity index (χ4v) is 1.29. The molecule has 0 aliphatic rings. The molecule has 0 heterocycles. The number of carbonyl (C=O) groups is 3. The van der Waals surface area contributed by atoms with Crippen LogP contribution in [0.1, 0.15) is 40.0 Å². The van der Waals surface area contributed by atoms with Crippen LogP contribution in [0.25, 0.3) is 0 Å². The molecule has 0 aromatic carbocycles. The van der Waals surface area contributed by atoms with Gasteiger partial charge in [-0.15, -0.1) is 12.4 Å². The Balaban J connectivity index is 0. The van der Waals surface area contributed by atoms with E-state index in [0.717, 1.165) is 0 Å². The molecule has 0 aromatic rings. The lowest BCUT2D eigenvalue weighted by Crippen LogP contribution is -2.45. The van der Waals surface area contributed by atoms with Gasteiger partial charge in [-0.3, -0.25) is 4.79 Å². The number of carboxylic acid groups (broad SMARTS) is 1. The van der Waals surface area contributed by atoms with Gasteiger partial charge in [-0.1, -0.05) is 0 Å². The first kappa shape index (κ1) is 21.0. The van der Waals surface area contributed by atoms with Crippen molar-refractivity contribution in [2.45, 2.75) is 51.7 Å². The first-order valence-electron chi connectivity index (χ1n) is 6.14. The quantitative estimate of drug-likeness (QED) is 0.372. The van der Waals surface area contributed by atoms with E-state index in [1.165, 1.54) is 0 Å². The van der Waals surface area contributed by atoms with Gasteiger partial charge in [0.05, 0.1) is 0 Å². The number of carboxylic acids is 1. The van der Waals surface area contributed by atoms with E-state index in [2.05, 4.69) is 5.32 Å². The van der Waals surface area contributed by atoms with Gasteiger partial charge in [-0.25, -0.2) is 9.59 Å². The van der Waals surface area contributed by atoms with E-state index in [4.69, 9.17) is 15.6 Å². The number of hydrogen-bond acceptors (Lipinski definition) is 5. The van der Waals surface area contributed by atoms with Crippen molar-refractivity contribution in [1.29, 1.82) is 0 Å². The third kappa shape index (κ3) is 9.57. The smallest absolute Gasteiger partial charge is 0.397 e. The van der Waals surface area contributed by atoms with E-state index in [1.807, 2.05) is 0 Å². The normalized spacial score (nSPS) is 12.0. The van der Waals surface area contributed by atoms with E-state index < -0.39 is 29.5 Å². The Morgan fingerprint density at radius 2 is 1.80 bits per heavy atom. The van der Waals surface area contributed by atoms with Crippen molar-refractivity contribution in [3.8, 4) is 0 Å². The van der Waals surface area contributed by atoms with E-state index in [9.17, 15) is 14.4 Å². The minimum atomic E-state index is -1.19. The Kier molecular flexibility index (Phi) is 10.0. The molecule has 0 saturated carbocycles. The van der Waals surface area contributed by atoms with Crippen LogP contribution in [0.4, 0.5) is 0 Å². The van der Waals surface area contributed by atoms with Gasteiger partial charge < -0.3 is 20.9 Å². The maximum atomic E-state index is 11.5. The van der Waals surface area contributed by atoms with Crippen LogP contribution in [0.3, 0.4) is 0 Å². The summed E-state index contributed by atoms with van der Waals surface area (Å²) in [4.78, 5) is 33.8. The largest absolute Gasteiger partial charge is 0.480 e. The number of esters is 1. The Morgan fingerprint density at radius 1 is 1.25 bits per heavy atom. The number of carbonyl (C=O) groups excluding carboxylic acids is 2. The Bertz CT molecular complexity index is 341. The van der Waals surface area contributed by atoms with Crippen molar-refractivity contribution in [3.63, 3.8) is 0 Å². The lowest BCUT2D eigenvalue weighted by atomic mass is 10.1. The molecule has 7 nitrogen and oxygen atoms in total. The zero-order valence-corrected chi connectivity index (χ0v) is 12.8.